The van der Waals surface area contributed by atoms with Crippen molar-refractivity contribution in [2.24, 2.45) is 13.0 Å². The summed E-state index contributed by atoms with van der Waals surface area (Å²) >= 11 is 3.32. The van der Waals surface area contributed by atoms with E-state index in [4.69, 9.17) is 0 Å². The fraction of sp³-hybridized carbons (Fsp3) is 0.474. The van der Waals surface area contributed by atoms with Crippen LogP contribution in [-0.4, -0.2) is 48.0 Å². The van der Waals surface area contributed by atoms with Crippen LogP contribution in [0.2, 0.25) is 0 Å². The highest BCUT2D eigenvalue weighted by molar-refractivity contribution is 9.10. The molecule has 152 valence electrons. The van der Waals surface area contributed by atoms with E-state index in [-0.39, 0.29) is 23.3 Å². The van der Waals surface area contributed by atoms with Crippen LogP contribution in [0, 0.1) is 5.92 Å². The second-order valence-corrected chi connectivity index (χ2v) is 9.93. The first kappa shape index (κ1) is 21.0. The van der Waals surface area contributed by atoms with E-state index in [9.17, 15) is 13.2 Å². The molecule has 1 aliphatic rings. The number of amides is 1. The minimum atomic E-state index is -3.58. The third kappa shape index (κ3) is 5.21. The molecular weight excluding hydrogens is 444 g/mol. The van der Waals surface area contributed by atoms with Crippen LogP contribution in [0.1, 0.15) is 24.8 Å². The number of benzene rings is 1. The Hall–Kier alpha value is -1.71. The molecule has 0 aliphatic carbocycles. The van der Waals surface area contributed by atoms with Gasteiger partial charge in [0, 0.05) is 37.4 Å². The molecule has 3 rings (SSSR count). The summed E-state index contributed by atoms with van der Waals surface area (Å²) in [6, 6.07) is 6.59. The number of halogens is 1. The quantitative estimate of drug-likeness (QED) is 0.631. The highest BCUT2D eigenvalue weighted by atomic mass is 79.9. The van der Waals surface area contributed by atoms with Gasteiger partial charge in [0.2, 0.25) is 15.9 Å². The van der Waals surface area contributed by atoms with Gasteiger partial charge in [0.25, 0.3) is 0 Å². The zero-order valence-corrected chi connectivity index (χ0v) is 18.2. The van der Waals surface area contributed by atoms with Gasteiger partial charge in [-0.05, 0) is 55.5 Å². The molecule has 2 heterocycles. The molecule has 1 N–H and O–H groups in total. The number of aromatic nitrogens is 2. The SMILES string of the molecule is Cn1cc(CCCNC(=O)C2CCCN(S(=O)(=O)c3ccc(Br)cc3)C2)cn1. The number of hydrogen-bond donors (Lipinski definition) is 1. The van der Waals surface area contributed by atoms with Crippen molar-refractivity contribution in [2.45, 2.75) is 30.6 Å². The van der Waals surface area contributed by atoms with E-state index < -0.39 is 10.0 Å². The number of nitrogens with one attached hydrogen (secondary N) is 1. The van der Waals surface area contributed by atoms with Crippen molar-refractivity contribution in [2.75, 3.05) is 19.6 Å². The van der Waals surface area contributed by atoms with Crippen molar-refractivity contribution in [3.63, 3.8) is 0 Å². The lowest BCUT2D eigenvalue weighted by molar-refractivity contribution is -0.126. The predicted molar refractivity (Wildman–Crippen MR) is 110 cm³/mol. The van der Waals surface area contributed by atoms with Gasteiger partial charge in [-0.25, -0.2) is 8.42 Å². The molecule has 1 amide bonds. The minimum absolute atomic E-state index is 0.0677. The molecular formula is C19H25BrN4O3S. The van der Waals surface area contributed by atoms with Crippen molar-refractivity contribution in [3.05, 3.63) is 46.7 Å². The van der Waals surface area contributed by atoms with Crippen molar-refractivity contribution >= 4 is 31.9 Å². The van der Waals surface area contributed by atoms with Crippen LogP contribution in [-0.2, 0) is 28.3 Å². The number of hydrogen-bond acceptors (Lipinski definition) is 4. The Morgan fingerprint density at radius 3 is 2.75 bits per heavy atom. The zero-order chi connectivity index (χ0) is 20.1. The van der Waals surface area contributed by atoms with E-state index in [0.29, 0.717) is 25.9 Å². The standard InChI is InChI=1S/C19H25BrN4O3S/c1-23-13-15(12-22-23)4-2-10-21-19(25)16-5-3-11-24(14-16)28(26,27)18-8-6-17(20)7-9-18/h6-9,12-13,16H,2-5,10-11,14H2,1H3,(H,21,25). The van der Waals surface area contributed by atoms with Crippen molar-refractivity contribution in [1.29, 1.82) is 0 Å². The summed E-state index contributed by atoms with van der Waals surface area (Å²) in [6.07, 6.45) is 6.86. The lowest BCUT2D eigenvalue weighted by atomic mass is 9.99. The van der Waals surface area contributed by atoms with Crippen LogP contribution in [0.3, 0.4) is 0 Å². The Kier molecular flexibility index (Phi) is 6.90. The van der Waals surface area contributed by atoms with Crippen molar-refractivity contribution in [3.8, 4) is 0 Å². The van der Waals surface area contributed by atoms with E-state index in [1.165, 1.54) is 4.31 Å². The Bertz CT molecular complexity index is 912. The van der Waals surface area contributed by atoms with Crippen LogP contribution < -0.4 is 5.32 Å². The molecule has 1 aromatic carbocycles. The topological polar surface area (TPSA) is 84.3 Å². The van der Waals surface area contributed by atoms with Crippen LogP contribution in [0.5, 0.6) is 0 Å². The molecule has 1 aromatic heterocycles. The maximum atomic E-state index is 12.9. The summed E-state index contributed by atoms with van der Waals surface area (Å²) in [7, 11) is -1.70. The van der Waals surface area contributed by atoms with Gasteiger partial charge in [0.1, 0.15) is 0 Å². The molecule has 0 saturated carbocycles. The first-order valence-corrected chi connectivity index (χ1v) is 11.6. The average molecular weight is 469 g/mol. The zero-order valence-electron chi connectivity index (χ0n) is 15.8. The number of carbonyl (C=O) groups excluding carboxylic acids is 1. The highest BCUT2D eigenvalue weighted by Crippen LogP contribution is 2.25. The maximum Gasteiger partial charge on any atom is 0.243 e. The number of piperidine rings is 1. The van der Waals surface area contributed by atoms with Crippen LogP contribution in [0.25, 0.3) is 0 Å². The van der Waals surface area contributed by atoms with Crippen LogP contribution in [0.4, 0.5) is 0 Å². The molecule has 28 heavy (non-hydrogen) atoms. The first-order chi connectivity index (χ1) is 13.4. The largest absolute Gasteiger partial charge is 0.356 e. The van der Waals surface area contributed by atoms with Crippen LogP contribution >= 0.6 is 15.9 Å². The van der Waals surface area contributed by atoms with E-state index in [1.807, 2.05) is 19.4 Å². The maximum absolute atomic E-state index is 12.9. The van der Waals surface area contributed by atoms with Crippen molar-refractivity contribution in [1.82, 2.24) is 19.4 Å². The van der Waals surface area contributed by atoms with Gasteiger partial charge in [-0.1, -0.05) is 15.9 Å². The fourth-order valence-corrected chi connectivity index (χ4v) is 5.17. The molecule has 0 spiro atoms. The molecule has 9 heteroatoms. The molecule has 2 aromatic rings. The molecule has 1 fully saturated rings. The summed E-state index contributed by atoms with van der Waals surface area (Å²) < 4.78 is 29.7. The smallest absolute Gasteiger partial charge is 0.243 e. The molecule has 1 unspecified atom stereocenters. The van der Waals surface area contributed by atoms with E-state index in [0.717, 1.165) is 22.9 Å². The molecule has 0 radical (unpaired) electrons. The van der Waals surface area contributed by atoms with E-state index in [2.05, 4.69) is 26.3 Å². The summed E-state index contributed by atoms with van der Waals surface area (Å²) in [6.45, 7) is 1.25. The Morgan fingerprint density at radius 1 is 1.32 bits per heavy atom. The van der Waals surface area contributed by atoms with Crippen molar-refractivity contribution < 1.29 is 13.2 Å². The molecule has 1 atom stereocenters. The molecule has 1 aliphatic heterocycles. The highest BCUT2D eigenvalue weighted by Gasteiger charge is 2.33. The van der Waals surface area contributed by atoms with Gasteiger partial charge in [-0.2, -0.15) is 9.40 Å². The van der Waals surface area contributed by atoms with Crippen LogP contribution in [0.15, 0.2) is 46.0 Å². The summed E-state index contributed by atoms with van der Waals surface area (Å²) in [4.78, 5) is 12.8. The average Bonchev–Trinajstić information content (AvgIpc) is 3.10. The Balaban J connectivity index is 1.52. The number of carbonyl (C=O) groups is 1. The summed E-state index contributed by atoms with van der Waals surface area (Å²) in [5.41, 5.74) is 1.14. The number of aryl methyl sites for hydroxylation is 2. The minimum Gasteiger partial charge on any atom is -0.356 e. The number of nitrogens with zero attached hydrogens (tertiary/aromatic N) is 3. The van der Waals surface area contributed by atoms with Gasteiger partial charge >= 0.3 is 0 Å². The number of sulfonamides is 1. The molecule has 0 bridgehead atoms. The number of rotatable bonds is 7. The predicted octanol–water partition coefficient (Wildman–Crippen LogP) is 2.33. The molecule has 1 saturated heterocycles. The van der Waals surface area contributed by atoms with Gasteiger partial charge in [-0.3, -0.25) is 9.48 Å². The van der Waals surface area contributed by atoms with Gasteiger partial charge in [0.15, 0.2) is 0 Å². The second kappa shape index (κ2) is 9.19. The first-order valence-electron chi connectivity index (χ1n) is 9.37. The normalized spacial score (nSPS) is 18.1. The van der Waals surface area contributed by atoms with Gasteiger partial charge in [-0.15, -0.1) is 0 Å². The van der Waals surface area contributed by atoms with E-state index >= 15 is 0 Å². The fourth-order valence-electron chi connectivity index (χ4n) is 3.38. The third-order valence-corrected chi connectivity index (χ3v) is 7.31. The monoisotopic (exact) mass is 468 g/mol. The van der Waals surface area contributed by atoms with E-state index in [1.54, 1.807) is 28.9 Å². The Labute approximate surface area is 174 Å². The Morgan fingerprint density at radius 2 is 2.07 bits per heavy atom. The van der Waals surface area contributed by atoms with Gasteiger partial charge < -0.3 is 5.32 Å². The second-order valence-electron chi connectivity index (χ2n) is 7.07. The third-order valence-electron chi connectivity index (χ3n) is 4.91. The summed E-state index contributed by atoms with van der Waals surface area (Å²) in [5.74, 6) is -0.376. The lowest BCUT2D eigenvalue weighted by Gasteiger charge is -2.31. The molecule has 7 nitrogen and oxygen atoms in total. The van der Waals surface area contributed by atoms with Gasteiger partial charge in [0.05, 0.1) is 17.0 Å². The lowest BCUT2D eigenvalue weighted by Crippen LogP contribution is -2.45. The summed E-state index contributed by atoms with van der Waals surface area (Å²) in [5, 5.41) is 7.08.